The molecule has 0 N–H and O–H groups in total. The molecule has 0 saturated carbocycles. The summed E-state index contributed by atoms with van der Waals surface area (Å²) >= 11 is 6.84. The minimum absolute atomic E-state index is 1.14. The topological polar surface area (TPSA) is 8.17 Å². The van der Waals surface area contributed by atoms with Gasteiger partial charge in [0.05, 0.1) is 28.1 Å². The molecule has 0 unspecified atom stereocenters. The van der Waals surface area contributed by atoms with Gasteiger partial charge in [-0.05, 0) is 68.9 Å². The molecular formula is C46H31N2PS. The van der Waals surface area contributed by atoms with E-state index in [-0.39, 0.29) is 0 Å². The van der Waals surface area contributed by atoms with Gasteiger partial charge in [-0.15, -0.1) is 0 Å². The lowest BCUT2D eigenvalue weighted by molar-refractivity contribution is 1.11. The number of fused-ring (bicyclic) bond motifs is 6. The molecule has 0 fully saturated rings. The van der Waals surface area contributed by atoms with Crippen molar-refractivity contribution in [3.63, 3.8) is 0 Å². The van der Waals surface area contributed by atoms with E-state index in [9.17, 15) is 0 Å². The Labute approximate surface area is 296 Å². The molecule has 0 bridgehead atoms. The van der Waals surface area contributed by atoms with Crippen LogP contribution in [-0.4, -0.2) is 4.57 Å². The predicted octanol–water partition coefficient (Wildman–Crippen LogP) is 11.1. The molecule has 9 aromatic rings. The summed E-state index contributed by atoms with van der Waals surface area (Å²) in [5, 5.41) is 8.59. The zero-order chi connectivity index (χ0) is 33.2. The van der Waals surface area contributed by atoms with Crippen molar-refractivity contribution < 1.29 is 0 Å². The second-order valence-corrected chi connectivity index (χ2v) is 17.2. The Morgan fingerprint density at radius 2 is 1.02 bits per heavy atom. The summed E-state index contributed by atoms with van der Waals surface area (Å²) in [5.41, 5.74) is 9.48. The van der Waals surface area contributed by atoms with Crippen molar-refractivity contribution in [2.24, 2.45) is 0 Å². The van der Waals surface area contributed by atoms with Crippen LogP contribution in [0.5, 0.6) is 0 Å². The number of hydrogen-bond donors (Lipinski definition) is 0. The summed E-state index contributed by atoms with van der Waals surface area (Å²) in [6.45, 7) is 0. The van der Waals surface area contributed by atoms with Gasteiger partial charge in [-0.1, -0.05) is 163 Å². The molecule has 4 heteroatoms. The first kappa shape index (κ1) is 29.2. The van der Waals surface area contributed by atoms with Gasteiger partial charge in [0, 0.05) is 27.8 Å². The first-order valence-electron chi connectivity index (χ1n) is 17.0. The van der Waals surface area contributed by atoms with Crippen molar-refractivity contribution >= 4 is 83.4 Å². The molecule has 0 aliphatic carbocycles. The molecule has 0 saturated heterocycles. The Balaban J connectivity index is 1.23. The number of benzene rings is 8. The van der Waals surface area contributed by atoms with Crippen molar-refractivity contribution in [1.29, 1.82) is 0 Å². The zero-order valence-corrected chi connectivity index (χ0v) is 28.9. The fourth-order valence-electron chi connectivity index (χ4n) is 8.00. The van der Waals surface area contributed by atoms with Gasteiger partial charge in [0.1, 0.15) is 0 Å². The van der Waals surface area contributed by atoms with Crippen LogP contribution in [0, 0.1) is 0 Å². The van der Waals surface area contributed by atoms with Crippen LogP contribution in [0.2, 0.25) is 0 Å². The van der Waals surface area contributed by atoms with Crippen molar-refractivity contribution in [3.05, 3.63) is 188 Å². The maximum Gasteiger partial charge on any atom is 0.0783 e. The van der Waals surface area contributed by atoms with Gasteiger partial charge in [0.2, 0.25) is 0 Å². The van der Waals surface area contributed by atoms with E-state index in [2.05, 4.69) is 198 Å². The van der Waals surface area contributed by atoms with Crippen molar-refractivity contribution in [1.82, 2.24) is 4.57 Å². The standard InChI is InChI=1S/C46H31N2PS/c50-49(34-17-6-2-7-18-34,35-19-8-3-9-20-35)45-28-14-23-37-36(22-12-24-39(37)45)32-29-30-42-44(31-32)47(33-15-4-1-5-16-33)43-27-13-25-40-38-21-10-11-26-41(38)48(42)46(40)43/h1-31H. The minimum Gasteiger partial charge on any atom is -0.306 e. The summed E-state index contributed by atoms with van der Waals surface area (Å²) in [7, 11) is 0. The monoisotopic (exact) mass is 674 g/mol. The molecule has 236 valence electrons. The number of nitrogens with zero attached hydrogens (tertiary/aromatic N) is 2. The Bertz CT molecular complexity index is 2750. The summed E-state index contributed by atoms with van der Waals surface area (Å²) in [4.78, 5) is 2.43. The minimum atomic E-state index is -2.36. The third-order valence-corrected chi connectivity index (χ3v) is 15.1. The second kappa shape index (κ2) is 11.4. The van der Waals surface area contributed by atoms with Gasteiger partial charge in [0.15, 0.2) is 0 Å². The largest absolute Gasteiger partial charge is 0.306 e. The predicted molar refractivity (Wildman–Crippen MR) is 218 cm³/mol. The van der Waals surface area contributed by atoms with E-state index in [1.807, 2.05) is 0 Å². The van der Waals surface area contributed by atoms with Crippen LogP contribution in [0.25, 0.3) is 49.4 Å². The molecule has 0 amide bonds. The van der Waals surface area contributed by atoms with Crippen molar-refractivity contribution in [2.75, 3.05) is 4.90 Å². The van der Waals surface area contributed by atoms with Crippen LogP contribution in [0.1, 0.15) is 0 Å². The maximum atomic E-state index is 6.84. The molecular weight excluding hydrogens is 644 g/mol. The van der Waals surface area contributed by atoms with Crippen LogP contribution in [0.4, 0.5) is 17.1 Å². The molecule has 1 aliphatic rings. The van der Waals surface area contributed by atoms with Crippen LogP contribution in [-0.2, 0) is 11.8 Å². The van der Waals surface area contributed by atoms with Gasteiger partial charge >= 0.3 is 0 Å². The van der Waals surface area contributed by atoms with Gasteiger partial charge < -0.3 is 9.47 Å². The third-order valence-electron chi connectivity index (χ3n) is 10.2. The molecule has 1 aromatic heterocycles. The van der Waals surface area contributed by atoms with Crippen LogP contribution >= 0.6 is 6.04 Å². The van der Waals surface area contributed by atoms with Crippen molar-refractivity contribution in [3.8, 4) is 16.8 Å². The zero-order valence-electron chi connectivity index (χ0n) is 27.1. The average Bonchev–Trinajstić information content (AvgIpc) is 3.53. The second-order valence-electron chi connectivity index (χ2n) is 12.9. The summed E-state index contributed by atoms with van der Waals surface area (Å²) < 4.78 is 2.45. The molecule has 2 heterocycles. The SMILES string of the molecule is S=P(c1ccccc1)(c1ccccc1)c1cccc2c(-c3ccc4c(c3)N(c3ccccc3)c3cccc5c6ccccc6n-4c35)cccc12. The van der Waals surface area contributed by atoms with E-state index in [0.717, 1.165) is 11.4 Å². The highest BCUT2D eigenvalue weighted by molar-refractivity contribution is 8.25. The lowest BCUT2D eigenvalue weighted by atomic mass is 9.96. The maximum absolute atomic E-state index is 6.84. The van der Waals surface area contributed by atoms with E-state index < -0.39 is 6.04 Å². The summed E-state index contributed by atoms with van der Waals surface area (Å²) in [6, 6.07) is 65.7. The Kier molecular flexibility index (Phi) is 6.67. The molecule has 1 aliphatic heterocycles. The molecule has 2 nitrogen and oxygen atoms in total. The van der Waals surface area contributed by atoms with E-state index in [1.54, 1.807) is 0 Å². The lowest BCUT2D eigenvalue weighted by Crippen LogP contribution is -2.25. The van der Waals surface area contributed by atoms with Crippen molar-refractivity contribution in [2.45, 2.75) is 0 Å². The van der Waals surface area contributed by atoms with Gasteiger partial charge in [0.25, 0.3) is 0 Å². The van der Waals surface area contributed by atoms with Gasteiger partial charge in [-0.2, -0.15) is 0 Å². The number of rotatable bonds is 5. The lowest BCUT2D eigenvalue weighted by Gasteiger charge is -2.33. The van der Waals surface area contributed by atoms with Crippen LogP contribution < -0.4 is 20.8 Å². The molecule has 10 rings (SSSR count). The third kappa shape index (κ3) is 4.24. The highest BCUT2D eigenvalue weighted by Gasteiger charge is 2.30. The van der Waals surface area contributed by atoms with E-state index >= 15 is 0 Å². The van der Waals surface area contributed by atoms with E-state index in [1.165, 1.54) is 71.0 Å². The smallest absolute Gasteiger partial charge is 0.0783 e. The molecule has 0 spiro atoms. The number of aromatic nitrogens is 1. The van der Waals surface area contributed by atoms with Gasteiger partial charge in [-0.25, -0.2) is 0 Å². The Hall–Kier alpha value is -5.73. The molecule has 0 atom stereocenters. The first-order valence-corrected chi connectivity index (χ1v) is 19.8. The molecule has 50 heavy (non-hydrogen) atoms. The highest BCUT2D eigenvalue weighted by Crippen LogP contribution is 2.51. The fraction of sp³-hybridized carbons (Fsp3) is 0. The van der Waals surface area contributed by atoms with E-state index in [4.69, 9.17) is 11.8 Å². The summed E-state index contributed by atoms with van der Waals surface area (Å²) in [6.07, 6.45) is 0. The number of hydrogen-bond acceptors (Lipinski definition) is 2. The van der Waals surface area contributed by atoms with Crippen LogP contribution in [0.15, 0.2) is 188 Å². The molecule has 8 aromatic carbocycles. The number of anilines is 3. The average molecular weight is 675 g/mol. The van der Waals surface area contributed by atoms with E-state index in [0.29, 0.717) is 0 Å². The fourth-order valence-corrected chi connectivity index (χ4v) is 12.1. The quantitative estimate of drug-likeness (QED) is 0.168. The summed E-state index contributed by atoms with van der Waals surface area (Å²) in [5.74, 6) is 0. The van der Waals surface area contributed by atoms with Crippen LogP contribution in [0.3, 0.4) is 0 Å². The Morgan fingerprint density at radius 3 is 1.78 bits per heavy atom. The number of para-hydroxylation sites is 3. The normalized spacial score (nSPS) is 12.4. The first-order chi connectivity index (χ1) is 24.7. The Morgan fingerprint density at radius 1 is 0.420 bits per heavy atom. The highest BCUT2D eigenvalue weighted by atomic mass is 32.4. The molecule has 0 radical (unpaired) electrons. The van der Waals surface area contributed by atoms with Gasteiger partial charge in [-0.3, -0.25) is 0 Å².